The van der Waals surface area contributed by atoms with Crippen LogP contribution in [0.3, 0.4) is 0 Å². The van der Waals surface area contributed by atoms with Gasteiger partial charge in [0, 0.05) is 12.8 Å². The predicted octanol–water partition coefficient (Wildman–Crippen LogP) is 14.2. The molecule has 1 fully saturated rings. The molecule has 11 heteroatoms. The quantitative estimate of drug-likeness (QED) is 0.0195. The fourth-order valence-electron chi connectivity index (χ4n) is 9.29. The van der Waals surface area contributed by atoms with Gasteiger partial charge in [-0.25, -0.2) is 0 Å². The number of amides is 1. The van der Waals surface area contributed by atoms with Crippen molar-refractivity contribution in [3.05, 3.63) is 60.8 Å². The maximum atomic E-state index is 13.0. The number of carbonyl (C=O) groups excluding carboxylic acids is 2. The summed E-state index contributed by atoms with van der Waals surface area (Å²) in [6.07, 6.45) is 57.8. The van der Waals surface area contributed by atoms with Gasteiger partial charge in [0.15, 0.2) is 6.29 Å². The van der Waals surface area contributed by atoms with Crippen molar-refractivity contribution < 1.29 is 49.3 Å². The summed E-state index contributed by atoms with van der Waals surface area (Å²) < 4.78 is 16.7. The number of hydrogen-bond donors (Lipinski definition) is 6. The van der Waals surface area contributed by atoms with Crippen molar-refractivity contribution in [1.82, 2.24) is 5.32 Å². The maximum absolute atomic E-state index is 13.0. The molecule has 430 valence electrons. The zero-order valence-corrected chi connectivity index (χ0v) is 47.3. The van der Waals surface area contributed by atoms with Crippen LogP contribution in [-0.4, -0.2) is 100 Å². The highest BCUT2D eigenvalue weighted by Gasteiger charge is 2.44. The molecule has 0 aliphatic carbocycles. The lowest BCUT2D eigenvalue weighted by Gasteiger charge is -2.40. The van der Waals surface area contributed by atoms with Crippen LogP contribution in [0.5, 0.6) is 0 Å². The van der Waals surface area contributed by atoms with E-state index in [1.54, 1.807) is 6.08 Å². The number of aliphatic hydroxyl groups excluding tert-OH is 5. The summed E-state index contributed by atoms with van der Waals surface area (Å²) in [6, 6.07) is -0.839. The first-order valence-corrected chi connectivity index (χ1v) is 30.5. The number of nitrogens with one attached hydrogen (secondary N) is 1. The smallest absolute Gasteiger partial charge is 0.305 e. The Morgan fingerprint density at radius 1 is 0.514 bits per heavy atom. The molecule has 0 radical (unpaired) electrons. The first kappa shape index (κ1) is 69.4. The summed E-state index contributed by atoms with van der Waals surface area (Å²) in [4.78, 5) is 25.0. The zero-order chi connectivity index (χ0) is 53.8. The normalized spacial score (nSPS) is 19.3. The molecule has 1 amide bonds. The molecule has 1 rings (SSSR count). The first-order valence-electron chi connectivity index (χ1n) is 30.5. The summed E-state index contributed by atoms with van der Waals surface area (Å²) in [6.45, 7) is 4.07. The SMILES string of the molecule is C/C=C/CC/C=C/CC/C=C/C(O)C(COC1OC(CO)C(O)C(O)C1O)NC(=O)CCCCCCCCC/C=C\CCCCCCCCCCCCCOC(=O)CCCCCCC/C=C\CCCCCCCC. The minimum Gasteiger partial charge on any atom is -0.466 e. The monoisotopic (exact) mass is 1040 g/mol. The number of rotatable bonds is 52. The number of hydrogen-bond acceptors (Lipinski definition) is 10. The van der Waals surface area contributed by atoms with E-state index in [4.69, 9.17) is 14.2 Å². The third kappa shape index (κ3) is 41.5. The van der Waals surface area contributed by atoms with Crippen LogP contribution in [0.15, 0.2) is 60.8 Å². The van der Waals surface area contributed by atoms with Gasteiger partial charge >= 0.3 is 5.97 Å². The Bertz CT molecular complexity index is 1410. The zero-order valence-electron chi connectivity index (χ0n) is 47.3. The van der Waals surface area contributed by atoms with Gasteiger partial charge in [-0.1, -0.05) is 209 Å². The summed E-state index contributed by atoms with van der Waals surface area (Å²) in [5.41, 5.74) is 0. The molecule has 0 saturated carbocycles. The lowest BCUT2D eigenvalue weighted by molar-refractivity contribution is -0.302. The minimum atomic E-state index is -1.58. The maximum Gasteiger partial charge on any atom is 0.305 e. The molecule has 1 saturated heterocycles. The van der Waals surface area contributed by atoms with E-state index in [2.05, 4.69) is 54.8 Å². The molecule has 11 nitrogen and oxygen atoms in total. The molecular formula is C63H113NO10. The van der Waals surface area contributed by atoms with E-state index in [1.807, 2.05) is 19.1 Å². The van der Waals surface area contributed by atoms with Crippen LogP contribution in [0.2, 0.25) is 0 Å². The molecule has 7 unspecified atom stereocenters. The average Bonchev–Trinajstić information content (AvgIpc) is 3.40. The van der Waals surface area contributed by atoms with Crippen LogP contribution in [0.1, 0.15) is 264 Å². The number of esters is 1. The Kier molecular flexibility index (Phi) is 49.1. The number of allylic oxidation sites excluding steroid dienone is 9. The fourth-order valence-corrected chi connectivity index (χ4v) is 9.29. The van der Waals surface area contributed by atoms with E-state index in [-0.39, 0.29) is 18.5 Å². The summed E-state index contributed by atoms with van der Waals surface area (Å²) in [7, 11) is 0. The van der Waals surface area contributed by atoms with Gasteiger partial charge in [0.25, 0.3) is 0 Å². The number of aliphatic hydroxyl groups is 5. The van der Waals surface area contributed by atoms with Crippen molar-refractivity contribution in [2.75, 3.05) is 19.8 Å². The molecule has 6 N–H and O–H groups in total. The summed E-state index contributed by atoms with van der Waals surface area (Å²) in [5, 5.41) is 54.1. The van der Waals surface area contributed by atoms with Gasteiger partial charge in [-0.3, -0.25) is 9.59 Å². The molecule has 0 aromatic carbocycles. The second-order valence-electron chi connectivity index (χ2n) is 21.0. The van der Waals surface area contributed by atoms with Gasteiger partial charge in [-0.2, -0.15) is 0 Å². The molecule has 0 aromatic rings. The standard InChI is InChI=1S/C63H113NO10/c1-3-5-7-9-11-13-14-15-24-28-31-35-39-43-47-51-59(68)72-52-48-44-40-36-32-29-26-23-21-19-17-16-18-20-22-25-27-30-34-38-42-46-50-58(67)64-55(56(66)49-45-41-37-33-12-10-8-6-4-2)54-73-63-62(71)61(70)60(69)57(53-65)74-63/h4,6,12,15,18,20,24,33,45,49,55-57,60-63,65-66,69-71H,3,5,7-11,13-14,16-17,19,21-23,25-32,34-44,46-48,50-54H2,1-2H3,(H,64,67)/b6-4+,20-18-,24-15-,33-12+,49-45+. The third-order valence-corrected chi connectivity index (χ3v) is 14.1. The lowest BCUT2D eigenvalue weighted by Crippen LogP contribution is -2.60. The Labute approximate surface area is 452 Å². The number of unbranched alkanes of at least 4 members (excludes halogenated alkanes) is 31. The Balaban J connectivity index is 2.00. The molecule has 0 spiro atoms. The van der Waals surface area contributed by atoms with Crippen LogP contribution < -0.4 is 5.32 Å². The van der Waals surface area contributed by atoms with E-state index in [0.29, 0.717) is 25.9 Å². The second-order valence-corrected chi connectivity index (χ2v) is 21.0. The number of carbonyl (C=O) groups is 2. The molecular weight excluding hydrogens is 931 g/mol. The highest BCUT2D eigenvalue weighted by Crippen LogP contribution is 2.23. The minimum absolute atomic E-state index is 0.0120. The van der Waals surface area contributed by atoms with Crippen molar-refractivity contribution in [3.63, 3.8) is 0 Å². The fraction of sp³-hybridized carbons (Fsp3) is 0.810. The van der Waals surface area contributed by atoms with Crippen molar-refractivity contribution >= 4 is 11.9 Å². The van der Waals surface area contributed by atoms with Crippen LogP contribution in [0.4, 0.5) is 0 Å². The van der Waals surface area contributed by atoms with Crippen molar-refractivity contribution in [2.45, 2.75) is 307 Å². The predicted molar refractivity (Wildman–Crippen MR) is 306 cm³/mol. The molecule has 1 heterocycles. The highest BCUT2D eigenvalue weighted by molar-refractivity contribution is 5.76. The largest absolute Gasteiger partial charge is 0.466 e. The van der Waals surface area contributed by atoms with E-state index in [9.17, 15) is 35.1 Å². The van der Waals surface area contributed by atoms with Crippen LogP contribution >= 0.6 is 0 Å². The topological polar surface area (TPSA) is 175 Å². The Morgan fingerprint density at radius 3 is 1.42 bits per heavy atom. The van der Waals surface area contributed by atoms with Crippen LogP contribution in [0, 0.1) is 0 Å². The van der Waals surface area contributed by atoms with Crippen LogP contribution in [0.25, 0.3) is 0 Å². The third-order valence-electron chi connectivity index (χ3n) is 14.1. The van der Waals surface area contributed by atoms with Gasteiger partial charge in [-0.15, -0.1) is 0 Å². The van der Waals surface area contributed by atoms with Gasteiger partial charge in [0.1, 0.15) is 24.4 Å². The average molecular weight is 1040 g/mol. The van der Waals surface area contributed by atoms with Crippen molar-refractivity contribution in [2.24, 2.45) is 0 Å². The molecule has 7 atom stereocenters. The Hall–Kier alpha value is -2.64. The first-order chi connectivity index (χ1) is 36.2. The Morgan fingerprint density at radius 2 is 0.932 bits per heavy atom. The van der Waals surface area contributed by atoms with Crippen LogP contribution in [-0.2, 0) is 23.8 Å². The molecule has 0 aromatic heterocycles. The van der Waals surface area contributed by atoms with Gasteiger partial charge in [0.05, 0.1) is 32.0 Å². The van der Waals surface area contributed by atoms with Gasteiger partial charge in [0.2, 0.25) is 5.91 Å². The second kappa shape index (κ2) is 52.4. The highest BCUT2D eigenvalue weighted by atomic mass is 16.7. The summed E-state index contributed by atoms with van der Waals surface area (Å²) >= 11 is 0. The van der Waals surface area contributed by atoms with Crippen molar-refractivity contribution in [1.29, 1.82) is 0 Å². The summed E-state index contributed by atoms with van der Waals surface area (Å²) in [5.74, 6) is -0.220. The van der Waals surface area contributed by atoms with Gasteiger partial charge < -0.3 is 45.1 Å². The molecule has 0 bridgehead atoms. The molecule has 1 aliphatic rings. The van der Waals surface area contributed by atoms with E-state index in [1.165, 1.54) is 154 Å². The van der Waals surface area contributed by atoms with E-state index >= 15 is 0 Å². The van der Waals surface area contributed by atoms with E-state index < -0.39 is 49.5 Å². The molecule has 74 heavy (non-hydrogen) atoms. The van der Waals surface area contributed by atoms with Crippen molar-refractivity contribution in [3.8, 4) is 0 Å². The van der Waals surface area contributed by atoms with Gasteiger partial charge in [-0.05, 0) is 103 Å². The lowest BCUT2D eigenvalue weighted by atomic mass is 9.99. The van der Waals surface area contributed by atoms with E-state index in [0.717, 1.165) is 77.0 Å². The number of ether oxygens (including phenoxy) is 3. The molecule has 1 aliphatic heterocycles.